The lowest BCUT2D eigenvalue weighted by Gasteiger charge is -2.10. The predicted octanol–water partition coefficient (Wildman–Crippen LogP) is 1.76. The normalized spacial score (nSPS) is 22.4. The highest BCUT2D eigenvalue weighted by Gasteiger charge is 2.14. The van der Waals surface area contributed by atoms with Crippen LogP contribution in [0.1, 0.15) is 25.1 Å². The van der Waals surface area contributed by atoms with Crippen molar-refractivity contribution in [1.29, 1.82) is 0 Å². The molecule has 13 heavy (non-hydrogen) atoms. The van der Waals surface area contributed by atoms with Gasteiger partial charge in [0.1, 0.15) is 5.82 Å². The van der Waals surface area contributed by atoms with Crippen LogP contribution in [0.2, 0.25) is 0 Å². The number of hydrogen-bond acceptors (Lipinski definition) is 2. The molecule has 0 aliphatic carbocycles. The van der Waals surface area contributed by atoms with Crippen molar-refractivity contribution in [3.8, 4) is 0 Å². The molecule has 1 aromatic rings. The van der Waals surface area contributed by atoms with Gasteiger partial charge < -0.3 is 9.30 Å². The molecular formula is C10H16N2O. The van der Waals surface area contributed by atoms with Crippen LogP contribution in [0.4, 0.5) is 0 Å². The number of imidazole rings is 1. The van der Waals surface area contributed by atoms with Crippen LogP contribution in [0, 0.1) is 6.92 Å². The molecule has 1 aromatic heterocycles. The van der Waals surface area contributed by atoms with Gasteiger partial charge in [0.25, 0.3) is 0 Å². The van der Waals surface area contributed by atoms with Gasteiger partial charge in [-0.05, 0) is 26.2 Å². The van der Waals surface area contributed by atoms with E-state index in [1.165, 1.54) is 12.8 Å². The summed E-state index contributed by atoms with van der Waals surface area (Å²) in [5, 5.41) is 0. The maximum atomic E-state index is 5.56. The molecule has 3 nitrogen and oxygen atoms in total. The van der Waals surface area contributed by atoms with Gasteiger partial charge in [-0.25, -0.2) is 4.98 Å². The average Bonchev–Trinajstić information content (AvgIpc) is 2.72. The Morgan fingerprint density at radius 1 is 1.69 bits per heavy atom. The highest BCUT2D eigenvalue weighted by Crippen LogP contribution is 2.16. The van der Waals surface area contributed by atoms with Crippen molar-refractivity contribution in [2.24, 2.45) is 0 Å². The summed E-state index contributed by atoms with van der Waals surface area (Å²) in [6.07, 6.45) is 7.95. The number of ether oxygens (including phenoxy) is 1. The first kappa shape index (κ1) is 8.75. The molecule has 2 rings (SSSR count). The van der Waals surface area contributed by atoms with E-state index in [1.807, 2.05) is 19.3 Å². The van der Waals surface area contributed by atoms with Crippen LogP contribution in [0.5, 0.6) is 0 Å². The fourth-order valence-electron chi connectivity index (χ4n) is 1.80. The molecule has 1 atom stereocenters. The number of hydrogen-bond donors (Lipinski definition) is 0. The monoisotopic (exact) mass is 180 g/mol. The summed E-state index contributed by atoms with van der Waals surface area (Å²) >= 11 is 0. The van der Waals surface area contributed by atoms with Gasteiger partial charge in [0, 0.05) is 25.5 Å². The topological polar surface area (TPSA) is 27.1 Å². The average molecular weight is 180 g/mol. The molecule has 1 aliphatic rings. The van der Waals surface area contributed by atoms with Crippen molar-refractivity contribution in [3.05, 3.63) is 18.2 Å². The number of rotatable bonds is 3. The van der Waals surface area contributed by atoms with E-state index in [-0.39, 0.29) is 0 Å². The molecule has 0 amide bonds. The summed E-state index contributed by atoms with van der Waals surface area (Å²) in [7, 11) is 0. The highest BCUT2D eigenvalue weighted by molar-refractivity contribution is 4.88. The first-order chi connectivity index (χ1) is 6.36. The van der Waals surface area contributed by atoms with Gasteiger partial charge in [0.2, 0.25) is 0 Å². The Balaban J connectivity index is 1.82. The summed E-state index contributed by atoms with van der Waals surface area (Å²) in [5.41, 5.74) is 0. The summed E-state index contributed by atoms with van der Waals surface area (Å²) in [4.78, 5) is 4.18. The maximum absolute atomic E-state index is 5.56. The van der Waals surface area contributed by atoms with Crippen LogP contribution in [0.25, 0.3) is 0 Å². The minimum atomic E-state index is 0.488. The van der Waals surface area contributed by atoms with Gasteiger partial charge >= 0.3 is 0 Å². The molecule has 1 unspecified atom stereocenters. The van der Waals surface area contributed by atoms with Crippen molar-refractivity contribution in [3.63, 3.8) is 0 Å². The van der Waals surface area contributed by atoms with Crippen LogP contribution in [-0.2, 0) is 11.3 Å². The molecule has 1 fully saturated rings. The Bertz CT molecular complexity index is 264. The summed E-state index contributed by atoms with van der Waals surface area (Å²) in [6.45, 7) is 4.03. The third-order valence-corrected chi connectivity index (χ3v) is 2.64. The summed E-state index contributed by atoms with van der Waals surface area (Å²) in [6, 6.07) is 0. The van der Waals surface area contributed by atoms with Crippen LogP contribution in [-0.4, -0.2) is 22.3 Å². The molecule has 72 valence electrons. The third kappa shape index (κ3) is 2.10. The molecule has 3 heteroatoms. The van der Waals surface area contributed by atoms with E-state index in [0.29, 0.717) is 6.10 Å². The van der Waals surface area contributed by atoms with Gasteiger partial charge in [0.05, 0.1) is 6.10 Å². The molecule has 1 aliphatic heterocycles. The second-order valence-electron chi connectivity index (χ2n) is 3.59. The predicted molar refractivity (Wildman–Crippen MR) is 50.6 cm³/mol. The van der Waals surface area contributed by atoms with Gasteiger partial charge in [-0.2, -0.15) is 0 Å². The van der Waals surface area contributed by atoms with Crippen LogP contribution in [0.15, 0.2) is 12.4 Å². The van der Waals surface area contributed by atoms with Crippen molar-refractivity contribution >= 4 is 0 Å². The minimum Gasteiger partial charge on any atom is -0.378 e. The largest absolute Gasteiger partial charge is 0.378 e. The second kappa shape index (κ2) is 3.92. The van der Waals surface area contributed by atoms with Crippen LogP contribution >= 0.6 is 0 Å². The molecule has 0 radical (unpaired) electrons. The summed E-state index contributed by atoms with van der Waals surface area (Å²) in [5.74, 6) is 1.10. The molecule has 0 N–H and O–H groups in total. The van der Waals surface area contributed by atoms with Crippen LogP contribution < -0.4 is 0 Å². The molecule has 0 spiro atoms. The van der Waals surface area contributed by atoms with E-state index in [1.54, 1.807) is 0 Å². The number of aryl methyl sites for hydroxylation is 2. The highest BCUT2D eigenvalue weighted by atomic mass is 16.5. The molecule has 2 heterocycles. The first-order valence-electron chi connectivity index (χ1n) is 4.95. The number of aromatic nitrogens is 2. The number of nitrogens with zero attached hydrogens (tertiary/aromatic N) is 2. The Labute approximate surface area is 78.7 Å². The van der Waals surface area contributed by atoms with E-state index in [4.69, 9.17) is 4.74 Å². The van der Waals surface area contributed by atoms with E-state index < -0.39 is 0 Å². The second-order valence-corrected chi connectivity index (χ2v) is 3.59. The van der Waals surface area contributed by atoms with E-state index in [9.17, 15) is 0 Å². The SMILES string of the molecule is Cc1nccn1CCC1CCCO1. The van der Waals surface area contributed by atoms with E-state index >= 15 is 0 Å². The lowest BCUT2D eigenvalue weighted by atomic mass is 10.2. The van der Waals surface area contributed by atoms with Crippen LogP contribution in [0.3, 0.4) is 0 Å². The lowest BCUT2D eigenvalue weighted by molar-refractivity contribution is 0.100. The zero-order valence-corrected chi connectivity index (χ0v) is 8.07. The Kier molecular flexibility index (Phi) is 2.64. The van der Waals surface area contributed by atoms with Gasteiger partial charge in [0.15, 0.2) is 0 Å². The smallest absolute Gasteiger partial charge is 0.105 e. The molecular weight excluding hydrogens is 164 g/mol. The maximum Gasteiger partial charge on any atom is 0.105 e. The summed E-state index contributed by atoms with van der Waals surface area (Å²) < 4.78 is 7.74. The first-order valence-corrected chi connectivity index (χ1v) is 4.95. The van der Waals surface area contributed by atoms with Crippen molar-refractivity contribution < 1.29 is 4.74 Å². The minimum absolute atomic E-state index is 0.488. The fraction of sp³-hybridized carbons (Fsp3) is 0.700. The Morgan fingerprint density at radius 2 is 2.62 bits per heavy atom. The fourth-order valence-corrected chi connectivity index (χ4v) is 1.80. The van der Waals surface area contributed by atoms with Gasteiger partial charge in [-0.3, -0.25) is 0 Å². The van der Waals surface area contributed by atoms with Crippen molar-refractivity contribution in [2.45, 2.75) is 38.8 Å². The zero-order chi connectivity index (χ0) is 9.10. The lowest BCUT2D eigenvalue weighted by Crippen LogP contribution is -2.10. The Hall–Kier alpha value is -0.830. The van der Waals surface area contributed by atoms with E-state index in [0.717, 1.165) is 25.4 Å². The van der Waals surface area contributed by atoms with Gasteiger partial charge in [-0.15, -0.1) is 0 Å². The van der Waals surface area contributed by atoms with Gasteiger partial charge in [-0.1, -0.05) is 0 Å². The van der Waals surface area contributed by atoms with E-state index in [2.05, 4.69) is 9.55 Å². The molecule has 0 bridgehead atoms. The standard InChI is InChI=1S/C10H16N2O/c1-9-11-5-7-12(9)6-4-10-3-2-8-13-10/h5,7,10H,2-4,6,8H2,1H3. The zero-order valence-electron chi connectivity index (χ0n) is 8.07. The third-order valence-electron chi connectivity index (χ3n) is 2.64. The molecule has 0 saturated carbocycles. The van der Waals surface area contributed by atoms with Crippen molar-refractivity contribution in [1.82, 2.24) is 9.55 Å². The van der Waals surface area contributed by atoms with Crippen molar-refractivity contribution in [2.75, 3.05) is 6.61 Å². The molecule has 0 aromatic carbocycles. The quantitative estimate of drug-likeness (QED) is 0.708. The molecule has 1 saturated heterocycles. The Morgan fingerprint density at radius 3 is 3.23 bits per heavy atom.